The molecule has 1 aromatic carbocycles. The first-order valence-electron chi connectivity index (χ1n) is 6.30. The molecule has 0 saturated carbocycles. The van der Waals surface area contributed by atoms with Gasteiger partial charge in [0, 0.05) is 17.1 Å². The SMILES string of the molecule is CCOCc1nc(N)cc(Nc2ccc(C#N)cc2Br)n1. The molecule has 0 bridgehead atoms. The average molecular weight is 348 g/mol. The van der Waals surface area contributed by atoms with Gasteiger partial charge in [-0.05, 0) is 41.1 Å². The number of anilines is 3. The molecule has 0 spiro atoms. The quantitative estimate of drug-likeness (QED) is 0.862. The minimum atomic E-state index is 0.310. The summed E-state index contributed by atoms with van der Waals surface area (Å²) in [5, 5.41) is 12.0. The second-order valence-corrected chi connectivity index (χ2v) is 5.02. The van der Waals surface area contributed by atoms with E-state index in [1.54, 1.807) is 24.3 Å². The molecule has 0 unspecified atom stereocenters. The molecule has 0 amide bonds. The van der Waals surface area contributed by atoms with Crippen molar-refractivity contribution < 1.29 is 4.74 Å². The fraction of sp³-hybridized carbons (Fsp3) is 0.214. The molecule has 0 aliphatic heterocycles. The van der Waals surface area contributed by atoms with Crippen molar-refractivity contribution in [2.45, 2.75) is 13.5 Å². The number of ether oxygens (including phenoxy) is 1. The Morgan fingerprint density at radius 3 is 2.86 bits per heavy atom. The number of nitrogens with one attached hydrogen (secondary N) is 1. The summed E-state index contributed by atoms with van der Waals surface area (Å²) in [7, 11) is 0. The van der Waals surface area contributed by atoms with Crippen LogP contribution >= 0.6 is 15.9 Å². The largest absolute Gasteiger partial charge is 0.384 e. The first kappa shape index (κ1) is 15.2. The first-order valence-corrected chi connectivity index (χ1v) is 7.09. The maximum atomic E-state index is 8.86. The van der Waals surface area contributed by atoms with Crippen LogP contribution in [0.15, 0.2) is 28.7 Å². The number of aromatic nitrogens is 2. The van der Waals surface area contributed by atoms with Gasteiger partial charge in [-0.15, -0.1) is 0 Å². The van der Waals surface area contributed by atoms with Crippen LogP contribution in [0.2, 0.25) is 0 Å². The zero-order valence-corrected chi connectivity index (χ0v) is 13.0. The number of nitrogen functional groups attached to an aromatic ring is 1. The maximum Gasteiger partial charge on any atom is 0.158 e. The number of rotatable bonds is 5. The number of benzene rings is 1. The highest BCUT2D eigenvalue weighted by molar-refractivity contribution is 9.10. The Balaban J connectivity index is 2.23. The second kappa shape index (κ2) is 7.02. The highest BCUT2D eigenvalue weighted by atomic mass is 79.9. The van der Waals surface area contributed by atoms with Crippen LogP contribution in [0.25, 0.3) is 0 Å². The Morgan fingerprint density at radius 1 is 1.38 bits per heavy atom. The number of nitriles is 1. The summed E-state index contributed by atoms with van der Waals surface area (Å²) in [4.78, 5) is 8.45. The van der Waals surface area contributed by atoms with Gasteiger partial charge in [-0.1, -0.05) is 0 Å². The first-order chi connectivity index (χ1) is 10.1. The van der Waals surface area contributed by atoms with Crippen molar-refractivity contribution in [2.24, 2.45) is 0 Å². The van der Waals surface area contributed by atoms with E-state index in [0.717, 1.165) is 10.2 Å². The Bertz CT molecular complexity index is 684. The van der Waals surface area contributed by atoms with Crippen molar-refractivity contribution in [2.75, 3.05) is 17.7 Å². The summed E-state index contributed by atoms with van der Waals surface area (Å²) in [6.07, 6.45) is 0. The Kier molecular flexibility index (Phi) is 5.09. The molecule has 108 valence electrons. The molecule has 0 fully saturated rings. The van der Waals surface area contributed by atoms with Crippen molar-refractivity contribution in [3.8, 4) is 6.07 Å². The Morgan fingerprint density at radius 2 is 2.19 bits per heavy atom. The van der Waals surface area contributed by atoms with Crippen molar-refractivity contribution in [1.82, 2.24) is 9.97 Å². The zero-order chi connectivity index (χ0) is 15.2. The third-order valence-electron chi connectivity index (χ3n) is 2.59. The van der Waals surface area contributed by atoms with E-state index < -0.39 is 0 Å². The molecule has 0 aliphatic carbocycles. The van der Waals surface area contributed by atoms with Crippen LogP contribution in [0.5, 0.6) is 0 Å². The number of nitrogens with two attached hydrogens (primary N) is 1. The van der Waals surface area contributed by atoms with E-state index in [2.05, 4.69) is 37.3 Å². The standard InChI is InChI=1S/C14H14BrN5O/c1-2-21-8-14-19-12(17)6-13(20-14)18-11-4-3-9(7-16)5-10(11)15/h3-6H,2,8H2,1H3,(H3,17,18,19,20). The lowest BCUT2D eigenvalue weighted by molar-refractivity contribution is 0.128. The lowest BCUT2D eigenvalue weighted by Gasteiger charge is -2.10. The van der Waals surface area contributed by atoms with Crippen LogP contribution in [-0.2, 0) is 11.3 Å². The molecular weight excluding hydrogens is 334 g/mol. The highest BCUT2D eigenvalue weighted by Crippen LogP contribution is 2.26. The molecule has 6 nitrogen and oxygen atoms in total. The van der Waals surface area contributed by atoms with E-state index in [0.29, 0.717) is 36.2 Å². The Labute approximate surface area is 131 Å². The van der Waals surface area contributed by atoms with Gasteiger partial charge in [0.15, 0.2) is 5.82 Å². The molecular formula is C14H14BrN5O. The van der Waals surface area contributed by atoms with Gasteiger partial charge in [-0.2, -0.15) is 5.26 Å². The molecule has 0 radical (unpaired) electrons. The van der Waals surface area contributed by atoms with E-state index in [4.69, 9.17) is 15.7 Å². The fourth-order valence-corrected chi connectivity index (χ4v) is 2.14. The molecule has 21 heavy (non-hydrogen) atoms. The van der Waals surface area contributed by atoms with Crippen LogP contribution < -0.4 is 11.1 Å². The summed E-state index contributed by atoms with van der Waals surface area (Å²) < 4.78 is 6.05. The predicted molar refractivity (Wildman–Crippen MR) is 83.9 cm³/mol. The molecule has 0 saturated heterocycles. The smallest absolute Gasteiger partial charge is 0.158 e. The monoisotopic (exact) mass is 347 g/mol. The summed E-state index contributed by atoms with van der Waals surface area (Å²) in [6, 6.07) is 8.97. The van der Waals surface area contributed by atoms with Crippen molar-refractivity contribution >= 4 is 33.3 Å². The minimum absolute atomic E-state index is 0.310. The summed E-state index contributed by atoms with van der Waals surface area (Å²) in [5.41, 5.74) is 7.13. The van der Waals surface area contributed by atoms with E-state index in [1.807, 2.05) is 6.92 Å². The molecule has 3 N–H and O–H groups in total. The predicted octanol–water partition coefficient (Wildman–Crippen LogP) is 2.97. The van der Waals surface area contributed by atoms with Gasteiger partial charge in [0.25, 0.3) is 0 Å². The number of hydrogen-bond acceptors (Lipinski definition) is 6. The van der Waals surface area contributed by atoms with E-state index in [-0.39, 0.29) is 0 Å². The second-order valence-electron chi connectivity index (χ2n) is 4.16. The number of halogens is 1. The molecule has 1 aromatic heterocycles. The third-order valence-corrected chi connectivity index (χ3v) is 3.24. The fourth-order valence-electron chi connectivity index (χ4n) is 1.66. The molecule has 0 aliphatic rings. The molecule has 1 heterocycles. The van der Waals surface area contributed by atoms with Crippen molar-refractivity contribution in [3.05, 3.63) is 40.1 Å². The topological polar surface area (TPSA) is 96.9 Å². The van der Waals surface area contributed by atoms with Gasteiger partial charge in [-0.25, -0.2) is 9.97 Å². The maximum absolute atomic E-state index is 8.86. The summed E-state index contributed by atoms with van der Waals surface area (Å²) >= 11 is 3.41. The van der Waals surface area contributed by atoms with Gasteiger partial charge in [0.2, 0.25) is 0 Å². The zero-order valence-electron chi connectivity index (χ0n) is 11.4. The van der Waals surface area contributed by atoms with Crippen LogP contribution in [0, 0.1) is 11.3 Å². The lowest BCUT2D eigenvalue weighted by Crippen LogP contribution is -2.05. The normalized spacial score (nSPS) is 10.1. The lowest BCUT2D eigenvalue weighted by atomic mass is 10.2. The van der Waals surface area contributed by atoms with Gasteiger partial charge >= 0.3 is 0 Å². The molecule has 2 aromatic rings. The number of hydrogen-bond donors (Lipinski definition) is 2. The summed E-state index contributed by atoms with van der Waals surface area (Å²) in [6.45, 7) is 2.80. The van der Waals surface area contributed by atoms with Crippen LogP contribution in [-0.4, -0.2) is 16.6 Å². The summed E-state index contributed by atoms with van der Waals surface area (Å²) in [5.74, 6) is 1.46. The van der Waals surface area contributed by atoms with E-state index >= 15 is 0 Å². The average Bonchev–Trinajstić information content (AvgIpc) is 2.46. The van der Waals surface area contributed by atoms with Crippen molar-refractivity contribution in [3.63, 3.8) is 0 Å². The third kappa shape index (κ3) is 4.15. The van der Waals surface area contributed by atoms with Crippen LogP contribution in [0.1, 0.15) is 18.3 Å². The highest BCUT2D eigenvalue weighted by Gasteiger charge is 2.06. The minimum Gasteiger partial charge on any atom is -0.384 e. The van der Waals surface area contributed by atoms with Gasteiger partial charge in [-0.3, -0.25) is 0 Å². The number of nitrogens with zero attached hydrogens (tertiary/aromatic N) is 3. The van der Waals surface area contributed by atoms with Gasteiger partial charge < -0.3 is 15.8 Å². The van der Waals surface area contributed by atoms with Gasteiger partial charge in [0.1, 0.15) is 18.2 Å². The van der Waals surface area contributed by atoms with E-state index in [1.165, 1.54) is 0 Å². The molecule has 7 heteroatoms. The molecule has 0 atom stereocenters. The van der Waals surface area contributed by atoms with E-state index in [9.17, 15) is 0 Å². The van der Waals surface area contributed by atoms with Gasteiger partial charge in [0.05, 0.1) is 17.3 Å². The Hall–Kier alpha value is -2.17. The van der Waals surface area contributed by atoms with Crippen LogP contribution in [0.4, 0.5) is 17.3 Å². The van der Waals surface area contributed by atoms with Crippen molar-refractivity contribution in [1.29, 1.82) is 5.26 Å². The van der Waals surface area contributed by atoms with Crippen LogP contribution in [0.3, 0.4) is 0 Å². The molecule has 2 rings (SSSR count).